The van der Waals surface area contributed by atoms with E-state index in [9.17, 15) is 10.1 Å². The van der Waals surface area contributed by atoms with E-state index < -0.39 is 4.92 Å². The van der Waals surface area contributed by atoms with Gasteiger partial charge in [0.05, 0.1) is 11.0 Å². The lowest BCUT2D eigenvalue weighted by molar-refractivity contribution is -0.384. The maximum absolute atomic E-state index is 10.7. The quantitative estimate of drug-likeness (QED) is 0.489. The molecule has 0 fully saturated rings. The molecule has 0 aliphatic rings. The minimum atomic E-state index is -0.495. The molecule has 0 atom stereocenters. The van der Waals surface area contributed by atoms with Gasteiger partial charge in [-0.3, -0.25) is 10.1 Å². The molecule has 19 heavy (non-hydrogen) atoms. The number of nitrogen functional groups attached to an aromatic ring is 1. The maximum atomic E-state index is 10.7. The van der Waals surface area contributed by atoms with Crippen LogP contribution in [-0.4, -0.2) is 14.9 Å². The van der Waals surface area contributed by atoms with Crippen molar-refractivity contribution in [2.24, 2.45) is 5.84 Å². The Bertz CT molecular complexity index is 617. The van der Waals surface area contributed by atoms with Crippen LogP contribution in [0, 0.1) is 17.0 Å². The molecule has 98 valence electrons. The van der Waals surface area contributed by atoms with Crippen molar-refractivity contribution in [3.05, 3.63) is 46.3 Å². The summed E-state index contributed by atoms with van der Waals surface area (Å²) in [5, 5.41) is 10.7. The number of rotatable bonds is 4. The Kier molecular flexibility index (Phi) is 3.53. The maximum Gasteiger partial charge on any atom is 0.273 e. The third-order valence-electron chi connectivity index (χ3n) is 2.21. The summed E-state index contributed by atoms with van der Waals surface area (Å²) >= 11 is 0. The van der Waals surface area contributed by atoms with Crippen LogP contribution in [0.4, 0.5) is 11.5 Å². The van der Waals surface area contributed by atoms with E-state index >= 15 is 0 Å². The molecular formula is C11H11N5O3. The number of ether oxygens (including phenoxy) is 1. The number of non-ortho nitro benzene ring substituents is 1. The molecule has 1 aromatic carbocycles. The predicted octanol–water partition coefficient (Wildman–Crippen LogP) is 1.77. The topological polar surface area (TPSA) is 116 Å². The number of benzene rings is 1. The van der Waals surface area contributed by atoms with E-state index in [0.29, 0.717) is 17.4 Å². The molecule has 1 heterocycles. The Hall–Kier alpha value is -2.74. The van der Waals surface area contributed by atoms with Gasteiger partial charge in [-0.1, -0.05) is 6.07 Å². The molecule has 2 aromatic rings. The van der Waals surface area contributed by atoms with Gasteiger partial charge in [-0.05, 0) is 13.0 Å². The summed E-state index contributed by atoms with van der Waals surface area (Å²) in [6.45, 7) is 1.68. The highest BCUT2D eigenvalue weighted by Gasteiger charge is 2.08. The normalized spacial score (nSPS) is 10.0. The van der Waals surface area contributed by atoms with Gasteiger partial charge in [0, 0.05) is 12.1 Å². The van der Waals surface area contributed by atoms with Crippen LogP contribution in [0.25, 0.3) is 0 Å². The van der Waals surface area contributed by atoms with Crippen LogP contribution in [0.2, 0.25) is 0 Å². The van der Waals surface area contributed by atoms with Gasteiger partial charge < -0.3 is 10.2 Å². The first kappa shape index (κ1) is 12.7. The lowest BCUT2D eigenvalue weighted by Gasteiger charge is -2.07. The highest BCUT2D eigenvalue weighted by Crippen LogP contribution is 2.24. The summed E-state index contributed by atoms with van der Waals surface area (Å²) in [4.78, 5) is 18.2. The predicted molar refractivity (Wildman–Crippen MR) is 67.7 cm³/mol. The van der Waals surface area contributed by atoms with Crippen molar-refractivity contribution in [3.8, 4) is 11.6 Å². The number of nitro benzene ring substituents is 1. The Labute approximate surface area is 108 Å². The highest BCUT2D eigenvalue weighted by atomic mass is 16.6. The third kappa shape index (κ3) is 3.13. The van der Waals surface area contributed by atoms with Crippen LogP contribution in [0.5, 0.6) is 11.6 Å². The molecular weight excluding hydrogens is 250 g/mol. The number of hydrogen-bond acceptors (Lipinski definition) is 7. The fraction of sp³-hybridized carbons (Fsp3) is 0.0909. The van der Waals surface area contributed by atoms with Crippen molar-refractivity contribution in [1.82, 2.24) is 9.97 Å². The fourth-order valence-electron chi connectivity index (χ4n) is 1.45. The SMILES string of the molecule is Cc1nc(NN)cc(Oc2cccc([N+](=O)[O-])c2)n1. The van der Waals surface area contributed by atoms with E-state index in [-0.39, 0.29) is 11.6 Å². The second kappa shape index (κ2) is 5.27. The van der Waals surface area contributed by atoms with Crippen LogP contribution < -0.4 is 16.0 Å². The largest absolute Gasteiger partial charge is 0.439 e. The van der Waals surface area contributed by atoms with Gasteiger partial charge in [-0.15, -0.1) is 0 Å². The van der Waals surface area contributed by atoms with Crippen LogP contribution in [-0.2, 0) is 0 Å². The summed E-state index contributed by atoms with van der Waals surface area (Å²) in [5.74, 6) is 6.69. The van der Waals surface area contributed by atoms with Gasteiger partial charge in [0.2, 0.25) is 5.88 Å². The number of nitrogens with two attached hydrogens (primary N) is 1. The zero-order chi connectivity index (χ0) is 13.8. The number of hydrazine groups is 1. The van der Waals surface area contributed by atoms with Crippen molar-refractivity contribution in [3.63, 3.8) is 0 Å². The van der Waals surface area contributed by atoms with Gasteiger partial charge in [0.25, 0.3) is 5.69 Å². The molecule has 3 N–H and O–H groups in total. The monoisotopic (exact) mass is 261 g/mol. The third-order valence-corrected chi connectivity index (χ3v) is 2.21. The van der Waals surface area contributed by atoms with E-state index in [4.69, 9.17) is 10.6 Å². The molecule has 0 aliphatic heterocycles. The summed E-state index contributed by atoms with van der Waals surface area (Å²) < 4.78 is 5.44. The van der Waals surface area contributed by atoms with Gasteiger partial charge in [0.1, 0.15) is 17.4 Å². The van der Waals surface area contributed by atoms with E-state index in [1.165, 1.54) is 24.3 Å². The summed E-state index contributed by atoms with van der Waals surface area (Å²) in [5.41, 5.74) is 2.33. The Morgan fingerprint density at radius 2 is 2.16 bits per heavy atom. The molecule has 0 saturated heterocycles. The van der Waals surface area contributed by atoms with Crippen molar-refractivity contribution in [2.75, 3.05) is 5.43 Å². The van der Waals surface area contributed by atoms with Crippen molar-refractivity contribution < 1.29 is 9.66 Å². The van der Waals surface area contributed by atoms with Gasteiger partial charge in [0.15, 0.2) is 0 Å². The van der Waals surface area contributed by atoms with Crippen LogP contribution in [0.1, 0.15) is 5.82 Å². The van der Waals surface area contributed by atoms with E-state index in [0.717, 1.165) is 0 Å². The smallest absolute Gasteiger partial charge is 0.273 e. The first-order valence-electron chi connectivity index (χ1n) is 5.33. The molecule has 0 unspecified atom stereocenters. The number of aromatic nitrogens is 2. The molecule has 0 bridgehead atoms. The van der Waals surface area contributed by atoms with Crippen molar-refractivity contribution >= 4 is 11.5 Å². The molecule has 0 radical (unpaired) electrons. The van der Waals surface area contributed by atoms with E-state index in [1.54, 1.807) is 13.0 Å². The number of hydrogen-bond donors (Lipinski definition) is 2. The van der Waals surface area contributed by atoms with E-state index in [1.807, 2.05) is 0 Å². The molecule has 0 amide bonds. The van der Waals surface area contributed by atoms with Crippen LogP contribution in [0.3, 0.4) is 0 Å². The number of nitro groups is 1. The molecule has 0 saturated carbocycles. The highest BCUT2D eigenvalue weighted by molar-refractivity contribution is 5.42. The Balaban J connectivity index is 2.28. The fourth-order valence-corrected chi connectivity index (χ4v) is 1.45. The Morgan fingerprint density at radius 3 is 2.84 bits per heavy atom. The minimum absolute atomic E-state index is 0.0551. The second-order valence-corrected chi connectivity index (χ2v) is 3.64. The van der Waals surface area contributed by atoms with Gasteiger partial charge >= 0.3 is 0 Å². The van der Waals surface area contributed by atoms with Crippen LogP contribution >= 0.6 is 0 Å². The average molecular weight is 261 g/mol. The van der Waals surface area contributed by atoms with Crippen LogP contribution in [0.15, 0.2) is 30.3 Å². The van der Waals surface area contributed by atoms with E-state index in [2.05, 4.69) is 15.4 Å². The lowest BCUT2D eigenvalue weighted by Crippen LogP contribution is -2.09. The summed E-state index contributed by atoms with van der Waals surface area (Å²) in [7, 11) is 0. The molecule has 8 nitrogen and oxygen atoms in total. The number of nitrogens with zero attached hydrogens (tertiary/aromatic N) is 3. The average Bonchev–Trinajstić information content (AvgIpc) is 2.38. The van der Waals surface area contributed by atoms with Crippen molar-refractivity contribution in [1.29, 1.82) is 0 Å². The van der Waals surface area contributed by atoms with Gasteiger partial charge in [-0.25, -0.2) is 10.8 Å². The molecule has 0 spiro atoms. The second-order valence-electron chi connectivity index (χ2n) is 3.64. The summed E-state index contributed by atoms with van der Waals surface area (Å²) in [6, 6.07) is 7.31. The van der Waals surface area contributed by atoms with Gasteiger partial charge in [-0.2, -0.15) is 4.98 Å². The molecule has 8 heteroatoms. The number of anilines is 1. The van der Waals surface area contributed by atoms with Crippen molar-refractivity contribution in [2.45, 2.75) is 6.92 Å². The standard InChI is InChI=1S/C11H11N5O3/c1-7-13-10(15-12)6-11(14-7)19-9-4-2-3-8(5-9)16(17)18/h2-6H,12H2,1H3,(H,13,14,15). The number of aryl methyl sites for hydroxylation is 1. The molecule has 1 aromatic heterocycles. The molecule has 0 aliphatic carbocycles. The summed E-state index contributed by atoms with van der Waals surface area (Å²) in [6.07, 6.45) is 0. The Morgan fingerprint density at radius 1 is 1.37 bits per heavy atom. The molecule has 2 rings (SSSR count). The zero-order valence-electron chi connectivity index (χ0n) is 10.0. The first-order valence-corrected chi connectivity index (χ1v) is 5.33. The first-order chi connectivity index (χ1) is 9.08. The minimum Gasteiger partial charge on any atom is -0.439 e. The number of nitrogens with one attached hydrogen (secondary N) is 1. The lowest BCUT2D eigenvalue weighted by atomic mass is 10.3. The zero-order valence-corrected chi connectivity index (χ0v) is 10.0.